The number of tetrazole rings is 1. The number of aromatic nitrogens is 4. The number of rotatable bonds is 6. The predicted molar refractivity (Wildman–Crippen MR) is 96.4 cm³/mol. The highest BCUT2D eigenvalue weighted by Gasteiger charge is 2.24. The molecular weight excluding hydrogens is 332 g/mol. The molecule has 0 bridgehead atoms. The minimum absolute atomic E-state index is 0.263. The maximum atomic E-state index is 5.71. The number of ether oxygens (including phenoxy) is 2. The van der Waals surface area contributed by atoms with Crippen LogP contribution in [0.1, 0.15) is 18.7 Å². The van der Waals surface area contributed by atoms with Crippen molar-refractivity contribution < 1.29 is 14.4 Å². The lowest BCUT2D eigenvalue weighted by Gasteiger charge is -2.33. The molecule has 8 nitrogen and oxygen atoms in total. The molecular formula is C18H27N6O2+. The van der Waals surface area contributed by atoms with Crippen LogP contribution in [0.4, 0.5) is 5.69 Å². The van der Waals surface area contributed by atoms with E-state index in [-0.39, 0.29) is 6.10 Å². The number of anilines is 1. The second-order valence-electron chi connectivity index (χ2n) is 7.02. The molecule has 2 fully saturated rings. The van der Waals surface area contributed by atoms with Gasteiger partial charge >= 0.3 is 0 Å². The van der Waals surface area contributed by atoms with Crippen LogP contribution in [-0.2, 0) is 17.8 Å². The van der Waals surface area contributed by atoms with Crippen molar-refractivity contribution >= 4 is 5.69 Å². The fraction of sp³-hybridized carbons (Fsp3) is 0.611. The van der Waals surface area contributed by atoms with Gasteiger partial charge in [-0.3, -0.25) is 0 Å². The number of methoxy groups -OCH3 is 1. The molecule has 2 aliphatic heterocycles. The van der Waals surface area contributed by atoms with E-state index in [0.717, 1.165) is 70.3 Å². The van der Waals surface area contributed by atoms with E-state index >= 15 is 0 Å². The maximum Gasteiger partial charge on any atom is 0.206 e. The Balaban J connectivity index is 1.30. The molecule has 0 saturated carbocycles. The number of quaternary nitrogens is 1. The molecule has 2 saturated heterocycles. The third-order valence-electron chi connectivity index (χ3n) is 5.32. The van der Waals surface area contributed by atoms with Gasteiger partial charge in [0.15, 0.2) is 0 Å². The van der Waals surface area contributed by atoms with E-state index < -0.39 is 0 Å². The molecule has 1 aromatic carbocycles. The lowest BCUT2D eigenvalue weighted by atomic mass is 10.2. The quantitative estimate of drug-likeness (QED) is 0.768. The monoisotopic (exact) mass is 359 g/mol. The van der Waals surface area contributed by atoms with Gasteiger partial charge in [0.25, 0.3) is 0 Å². The molecule has 0 radical (unpaired) electrons. The summed E-state index contributed by atoms with van der Waals surface area (Å²) in [5.41, 5.74) is 1.26. The molecule has 140 valence electrons. The van der Waals surface area contributed by atoms with E-state index in [1.165, 1.54) is 10.6 Å². The normalized spacial score (nSPS) is 21.3. The van der Waals surface area contributed by atoms with Crippen LogP contribution in [0.2, 0.25) is 0 Å². The summed E-state index contributed by atoms with van der Waals surface area (Å²) >= 11 is 0. The van der Waals surface area contributed by atoms with Gasteiger partial charge < -0.3 is 19.3 Å². The topological polar surface area (TPSA) is 69.7 Å². The van der Waals surface area contributed by atoms with Gasteiger partial charge in [0, 0.05) is 12.3 Å². The van der Waals surface area contributed by atoms with Gasteiger partial charge in [-0.2, -0.15) is 0 Å². The first-order valence-electron chi connectivity index (χ1n) is 9.41. The highest BCUT2D eigenvalue weighted by atomic mass is 16.5. The fourth-order valence-corrected chi connectivity index (χ4v) is 3.75. The zero-order valence-electron chi connectivity index (χ0n) is 15.3. The predicted octanol–water partition coefficient (Wildman–Crippen LogP) is -0.234. The van der Waals surface area contributed by atoms with Crippen LogP contribution in [-0.4, -0.2) is 66.2 Å². The van der Waals surface area contributed by atoms with Crippen LogP contribution >= 0.6 is 0 Å². The van der Waals surface area contributed by atoms with E-state index in [0.29, 0.717) is 0 Å². The van der Waals surface area contributed by atoms with Crippen LogP contribution < -0.4 is 14.5 Å². The van der Waals surface area contributed by atoms with E-state index in [4.69, 9.17) is 9.47 Å². The van der Waals surface area contributed by atoms with Crippen LogP contribution in [0.15, 0.2) is 24.3 Å². The zero-order valence-corrected chi connectivity index (χ0v) is 15.3. The Morgan fingerprint density at radius 3 is 2.73 bits per heavy atom. The van der Waals surface area contributed by atoms with Crippen molar-refractivity contribution in [2.75, 3.05) is 44.8 Å². The second-order valence-corrected chi connectivity index (χ2v) is 7.02. The van der Waals surface area contributed by atoms with Crippen LogP contribution in [0.25, 0.3) is 0 Å². The Hall–Kier alpha value is -2.19. The molecule has 0 spiro atoms. The minimum atomic E-state index is 0.263. The Morgan fingerprint density at radius 2 is 2.04 bits per heavy atom. The van der Waals surface area contributed by atoms with Gasteiger partial charge in [-0.25, -0.2) is 4.68 Å². The standard InChI is InChI=1S/C18H26N6O2/c1-25-16-6-4-15(5-7-16)23-10-8-22(9-11-23)14-18-19-20-21-24(18)13-17-3-2-12-26-17/h4-7,17H,2-3,8-14H2,1H3/p+1/t17-/m0/s1. The first-order chi connectivity index (χ1) is 12.8. The zero-order chi connectivity index (χ0) is 17.8. The van der Waals surface area contributed by atoms with Crippen molar-refractivity contribution in [2.24, 2.45) is 0 Å². The molecule has 3 heterocycles. The lowest BCUT2D eigenvalue weighted by molar-refractivity contribution is -0.915. The summed E-state index contributed by atoms with van der Waals surface area (Å²) in [5, 5.41) is 12.3. The fourth-order valence-electron chi connectivity index (χ4n) is 3.75. The van der Waals surface area contributed by atoms with Crippen LogP contribution in [0.5, 0.6) is 5.75 Å². The molecule has 8 heteroatoms. The molecule has 26 heavy (non-hydrogen) atoms. The average Bonchev–Trinajstić information content (AvgIpc) is 3.35. The number of hydrogen-bond donors (Lipinski definition) is 1. The Morgan fingerprint density at radius 1 is 1.23 bits per heavy atom. The van der Waals surface area contributed by atoms with Gasteiger partial charge in [-0.1, -0.05) is 0 Å². The number of piperazine rings is 1. The summed E-state index contributed by atoms with van der Waals surface area (Å²) in [4.78, 5) is 3.95. The SMILES string of the molecule is COc1ccc(N2CC[NH+](Cc3nnnn3C[C@@H]3CCCO3)CC2)cc1. The maximum absolute atomic E-state index is 5.71. The first kappa shape index (κ1) is 17.2. The van der Waals surface area contributed by atoms with Gasteiger partial charge in [0.05, 0.1) is 45.9 Å². The molecule has 0 amide bonds. The van der Waals surface area contributed by atoms with Gasteiger partial charge in [-0.05, 0) is 47.5 Å². The second kappa shape index (κ2) is 8.01. The van der Waals surface area contributed by atoms with Gasteiger partial charge in [-0.15, -0.1) is 5.10 Å². The molecule has 2 aromatic rings. The molecule has 1 N–H and O–H groups in total. The van der Waals surface area contributed by atoms with Crippen LogP contribution in [0.3, 0.4) is 0 Å². The lowest BCUT2D eigenvalue weighted by Crippen LogP contribution is -3.13. The summed E-state index contributed by atoms with van der Waals surface area (Å²) in [6.07, 6.45) is 2.51. The Labute approximate surface area is 153 Å². The number of benzene rings is 1. The summed E-state index contributed by atoms with van der Waals surface area (Å²) in [5.74, 6) is 1.87. The van der Waals surface area contributed by atoms with E-state index in [1.54, 1.807) is 7.11 Å². The molecule has 4 rings (SSSR count). The third kappa shape index (κ3) is 3.96. The van der Waals surface area contributed by atoms with Crippen molar-refractivity contribution in [3.63, 3.8) is 0 Å². The summed E-state index contributed by atoms with van der Waals surface area (Å²) in [6, 6.07) is 8.31. The number of hydrogen-bond acceptors (Lipinski definition) is 6. The van der Waals surface area contributed by atoms with Crippen LogP contribution in [0, 0.1) is 0 Å². The van der Waals surface area contributed by atoms with Gasteiger partial charge in [0.2, 0.25) is 5.82 Å². The van der Waals surface area contributed by atoms with Crippen molar-refractivity contribution in [3.8, 4) is 5.75 Å². The first-order valence-corrected chi connectivity index (χ1v) is 9.41. The molecule has 0 aliphatic carbocycles. The van der Waals surface area contributed by atoms with Gasteiger partial charge in [0.1, 0.15) is 12.3 Å². The molecule has 2 aliphatic rings. The summed E-state index contributed by atoms with van der Waals surface area (Å²) < 4.78 is 12.9. The van der Waals surface area contributed by atoms with Crippen molar-refractivity contribution in [1.82, 2.24) is 20.2 Å². The van der Waals surface area contributed by atoms with E-state index in [2.05, 4.69) is 32.6 Å². The third-order valence-corrected chi connectivity index (χ3v) is 5.32. The van der Waals surface area contributed by atoms with Crippen molar-refractivity contribution in [2.45, 2.75) is 32.0 Å². The van der Waals surface area contributed by atoms with E-state index in [1.807, 2.05) is 16.8 Å². The highest BCUT2D eigenvalue weighted by Crippen LogP contribution is 2.19. The Bertz CT molecular complexity index is 690. The van der Waals surface area contributed by atoms with Crippen molar-refractivity contribution in [3.05, 3.63) is 30.1 Å². The largest absolute Gasteiger partial charge is 0.497 e. The molecule has 1 atom stereocenters. The van der Waals surface area contributed by atoms with E-state index in [9.17, 15) is 0 Å². The summed E-state index contributed by atoms with van der Waals surface area (Å²) in [7, 11) is 1.70. The van der Waals surface area contributed by atoms with Crippen molar-refractivity contribution in [1.29, 1.82) is 0 Å². The Kier molecular flexibility index (Phi) is 5.31. The highest BCUT2D eigenvalue weighted by molar-refractivity contribution is 5.49. The smallest absolute Gasteiger partial charge is 0.206 e. The minimum Gasteiger partial charge on any atom is -0.497 e. The molecule has 0 unspecified atom stereocenters. The number of nitrogens with zero attached hydrogens (tertiary/aromatic N) is 5. The molecule has 1 aromatic heterocycles. The average molecular weight is 359 g/mol. The number of nitrogens with one attached hydrogen (secondary N) is 1. The summed E-state index contributed by atoms with van der Waals surface area (Å²) in [6.45, 7) is 6.74.